The van der Waals surface area contributed by atoms with Gasteiger partial charge >= 0.3 is 0 Å². The van der Waals surface area contributed by atoms with Gasteiger partial charge in [-0.05, 0) is 37.9 Å². The van der Waals surface area contributed by atoms with Gasteiger partial charge < -0.3 is 4.74 Å². The maximum absolute atomic E-state index is 5.28. The zero-order chi connectivity index (χ0) is 8.81. The van der Waals surface area contributed by atoms with Crippen molar-refractivity contribution in [2.45, 2.75) is 45.4 Å². The summed E-state index contributed by atoms with van der Waals surface area (Å²) in [5, 5.41) is 0.824. The average Bonchev–Trinajstić information content (AvgIpc) is 2.06. The molecule has 0 aromatic heterocycles. The van der Waals surface area contributed by atoms with Crippen molar-refractivity contribution in [2.75, 3.05) is 6.61 Å². The first-order valence-electron chi connectivity index (χ1n) is 4.98. The van der Waals surface area contributed by atoms with Crippen LogP contribution in [0.4, 0.5) is 0 Å². The third-order valence-corrected chi connectivity index (χ3v) is 2.77. The van der Waals surface area contributed by atoms with Gasteiger partial charge in [-0.1, -0.05) is 19.3 Å². The zero-order valence-electron chi connectivity index (χ0n) is 7.84. The van der Waals surface area contributed by atoms with E-state index in [1.165, 1.54) is 32.1 Å². The molecule has 1 saturated carbocycles. The van der Waals surface area contributed by atoms with Crippen molar-refractivity contribution < 1.29 is 4.74 Å². The maximum Gasteiger partial charge on any atom is 0.159 e. The van der Waals surface area contributed by atoms with Crippen LogP contribution < -0.4 is 0 Å². The molecule has 0 saturated heterocycles. The van der Waals surface area contributed by atoms with Gasteiger partial charge in [0.1, 0.15) is 0 Å². The number of ether oxygens (including phenoxy) is 1. The molecule has 0 unspecified atom stereocenters. The van der Waals surface area contributed by atoms with Gasteiger partial charge in [0.25, 0.3) is 0 Å². The average molecular weight is 186 g/mol. The summed E-state index contributed by atoms with van der Waals surface area (Å²) < 4.78 is 5.28. The predicted molar refractivity (Wildman–Crippen MR) is 55.4 cm³/mol. The highest BCUT2D eigenvalue weighted by molar-refractivity contribution is 7.80. The third kappa shape index (κ3) is 3.53. The Labute approximate surface area is 80.5 Å². The normalized spacial score (nSPS) is 19.1. The third-order valence-electron chi connectivity index (χ3n) is 2.49. The SMILES string of the molecule is CCOC(=S)CC1CCCCC1. The lowest BCUT2D eigenvalue weighted by atomic mass is 9.87. The predicted octanol–water partition coefficient (Wildman–Crippen LogP) is 3.32. The molecule has 2 heteroatoms. The van der Waals surface area contributed by atoms with Gasteiger partial charge in [-0.3, -0.25) is 0 Å². The van der Waals surface area contributed by atoms with Crippen LogP contribution in [0.3, 0.4) is 0 Å². The van der Waals surface area contributed by atoms with E-state index in [0.29, 0.717) is 0 Å². The molecule has 1 rings (SSSR count). The largest absolute Gasteiger partial charge is 0.487 e. The summed E-state index contributed by atoms with van der Waals surface area (Å²) in [6.07, 6.45) is 7.92. The molecule has 70 valence electrons. The zero-order valence-corrected chi connectivity index (χ0v) is 8.66. The molecule has 0 aromatic rings. The van der Waals surface area contributed by atoms with Gasteiger partial charge in [0.2, 0.25) is 0 Å². The molecular formula is C10H18OS. The first kappa shape index (κ1) is 9.97. The summed E-state index contributed by atoms with van der Waals surface area (Å²) in [6, 6.07) is 0. The molecule has 1 aliphatic rings. The van der Waals surface area contributed by atoms with Crippen molar-refractivity contribution >= 4 is 17.3 Å². The highest BCUT2D eigenvalue weighted by atomic mass is 32.1. The second kappa shape index (κ2) is 5.52. The van der Waals surface area contributed by atoms with Crippen LogP contribution in [0.1, 0.15) is 45.4 Å². The Morgan fingerprint density at radius 1 is 1.33 bits per heavy atom. The van der Waals surface area contributed by atoms with E-state index in [0.717, 1.165) is 24.0 Å². The summed E-state index contributed by atoms with van der Waals surface area (Å²) >= 11 is 5.11. The van der Waals surface area contributed by atoms with E-state index in [4.69, 9.17) is 17.0 Å². The summed E-state index contributed by atoms with van der Waals surface area (Å²) in [5.74, 6) is 0.817. The lowest BCUT2D eigenvalue weighted by Gasteiger charge is -2.21. The molecular weight excluding hydrogens is 168 g/mol. The molecule has 0 spiro atoms. The second-order valence-corrected chi connectivity index (χ2v) is 3.97. The Bertz CT molecular complexity index is 139. The van der Waals surface area contributed by atoms with Crippen LogP contribution in [0.2, 0.25) is 0 Å². The van der Waals surface area contributed by atoms with Crippen LogP contribution in [0.5, 0.6) is 0 Å². The van der Waals surface area contributed by atoms with E-state index in [2.05, 4.69) is 0 Å². The molecule has 0 amide bonds. The van der Waals surface area contributed by atoms with Crippen molar-refractivity contribution in [3.63, 3.8) is 0 Å². The quantitative estimate of drug-likeness (QED) is 0.625. The molecule has 0 bridgehead atoms. The fourth-order valence-corrected chi connectivity index (χ4v) is 2.20. The van der Waals surface area contributed by atoms with Crippen molar-refractivity contribution in [1.29, 1.82) is 0 Å². The van der Waals surface area contributed by atoms with Gasteiger partial charge in [-0.25, -0.2) is 0 Å². The van der Waals surface area contributed by atoms with Crippen LogP contribution in [0.25, 0.3) is 0 Å². The lowest BCUT2D eigenvalue weighted by molar-refractivity contribution is 0.299. The standard InChI is InChI=1S/C10H18OS/c1-2-11-10(12)8-9-6-4-3-5-7-9/h9H,2-8H2,1H3. The molecule has 0 radical (unpaired) electrons. The number of hydrogen-bond donors (Lipinski definition) is 0. The Morgan fingerprint density at radius 2 is 2.00 bits per heavy atom. The molecule has 0 aliphatic heterocycles. The Hall–Kier alpha value is -0.110. The maximum atomic E-state index is 5.28. The number of thiocarbonyl (C=S) groups is 1. The minimum atomic E-state index is 0.728. The highest BCUT2D eigenvalue weighted by Gasteiger charge is 2.15. The first-order valence-corrected chi connectivity index (χ1v) is 5.39. The molecule has 0 atom stereocenters. The smallest absolute Gasteiger partial charge is 0.159 e. The van der Waals surface area contributed by atoms with E-state index < -0.39 is 0 Å². The van der Waals surface area contributed by atoms with Gasteiger partial charge in [-0.2, -0.15) is 0 Å². The van der Waals surface area contributed by atoms with Crippen molar-refractivity contribution in [3.05, 3.63) is 0 Å². The van der Waals surface area contributed by atoms with Crippen LogP contribution in [-0.4, -0.2) is 11.7 Å². The Balaban J connectivity index is 2.15. The minimum Gasteiger partial charge on any atom is -0.487 e. The van der Waals surface area contributed by atoms with Crippen LogP contribution in [0, 0.1) is 5.92 Å². The fraction of sp³-hybridized carbons (Fsp3) is 0.900. The summed E-state index contributed by atoms with van der Waals surface area (Å²) in [6.45, 7) is 2.72. The van der Waals surface area contributed by atoms with E-state index in [1.807, 2.05) is 6.92 Å². The van der Waals surface area contributed by atoms with E-state index in [-0.39, 0.29) is 0 Å². The Kier molecular flexibility index (Phi) is 4.59. The van der Waals surface area contributed by atoms with Gasteiger partial charge in [0.05, 0.1) is 6.61 Å². The Morgan fingerprint density at radius 3 is 2.58 bits per heavy atom. The fourth-order valence-electron chi connectivity index (χ4n) is 1.85. The molecule has 1 fully saturated rings. The number of hydrogen-bond acceptors (Lipinski definition) is 2. The molecule has 12 heavy (non-hydrogen) atoms. The lowest BCUT2D eigenvalue weighted by Crippen LogP contribution is -2.12. The van der Waals surface area contributed by atoms with Crippen LogP contribution in [-0.2, 0) is 4.74 Å². The van der Waals surface area contributed by atoms with Crippen molar-refractivity contribution in [2.24, 2.45) is 5.92 Å². The van der Waals surface area contributed by atoms with Gasteiger partial charge in [0.15, 0.2) is 5.05 Å². The van der Waals surface area contributed by atoms with Crippen molar-refractivity contribution in [3.8, 4) is 0 Å². The van der Waals surface area contributed by atoms with Crippen LogP contribution in [0.15, 0.2) is 0 Å². The molecule has 0 aromatic carbocycles. The monoisotopic (exact) mass is 186 g/mol. The van der Waals surface area contributed by atoms with Gasteiger partial charge in [-0.15, -0.1) is 0 Å². The topological polar surface area (TPSA) is 9.23 Å². The van der Waals surface area contributed by atoms with E-state index >= 15 is 0 Å². The van der Waals surface area contributed by atoms with E-state index in [1.54, 1.807) is 0 Å². The summed E-state index contributed by atoms with van der Waals surface area (Å²) in [7, 11) is 0. The van der Waals surface area contributed by atoms with E-state index in [9.17, 15) is 0 Å². The summed E-state index contributed by atoms with van der Waals surface area (Å²) in [5.41, 5.74) is 0. The van der Waals surface area contributed by atoms with Gasteiger partial charge in [0, 0.05) is 6.42 Å². The van der Waals surface area contributed by atoms with Crippen molar-refractivity contribution in [1.82, 2.24) is 0 Å². The number of rotatable bonds is 3. The highest BCUT2D eigenvalue weighted by Crippen LogP contribution is 2.26. The second-order valence-electron chi connectivity index (χ2n) is 3.51. The molecule has 0 heterocycles. The summed E-state index contributed by atoms with van der Waals surface area (Å²) in [4.78, 5) is 0. The van der Waals surface area contributed by atoms with Crippen LogP contribution >= 0.6 is 12.2 Å². The molecule has 1 nitrogen and oxygen atoms in total. The molecule has 0 N–H and O–H groups in total. The molecule has 1 aliphatic carbocycles. The minimum absolute atomic E-state index is 0.728. The first-order chi connectivity index (χ1) is 5.83.